The molecule has 0 fully saturated rings. The van der Waals surface area contributed by atoms with Crippen LogP contribution in [0.1, 0.15) is 28.3 Å². The van der Waals surface area contributed by atoms with E-state index in [-0.39, 0.29) is 24.0 Å². The van der Waals surface area contributed by atoms with Crippen molar-refractivity contribution in [1.82, 2.24) is 0 Å². The van der Waals surface area contributed by atoms with Crippen molar-refractivity contribution in [2.45, 2.75) is 25.4 Å². The molecule has 26 heavy (non-hydrogen) atoms. The molecule has 2 aromatic carbocycles. The molecule has 2 aromatic rings. The highest BCUT2D eigenvalue weighted by Crippen LogP contribution is 2.50. The van der Waals surface area contributed by atoms with Crippen molar-refractivity contribution in [3.8, 4) is 23.0 Å². The monoisotopic (exact) mass is 465 g/mol. The van der Waals surface area contributed by atoms with Crippen LogP contribution in [0.4, 0.5) is 0 Å². The van der Waals surface area contributed by atoms with Crippen LogP contribution in [0.5, 0.6) is 23.0 Å². The zero-order chi connectivity index (χ0) is 16.6. The Labute approximate surface area is 169 Å². The molecule has 0 amide bonds. The van der Waals surface area contributed by atoms with E-state index in [0.717, 1.165) is 53.4 Å². The lowest BCUT2D eigenvalue weighted by Gasteiger charge is -2.48. The van der Waals surface area contributed by atoms with Crippen molar-refractivity contribution < 1.29 is 47.4 Å². The molecule has 0 bridgehead atoms. The zero-order valence-corrected chi connectivity index (χ0v) is 16.7. The molecular weight excluding hydrogens is 445 g/mol. The quantitative estimate of drug-likeness (QED) is 0.404. The number of fused-ring (bicyclic) bond motifs is 7. The van der Waals surface area contributed by atoms with Gasteiger partial charge in [0, 0.05) is 18.4 Å². The molecule has 136 valence electrons. The number of nitrogens with zero attached hydrogens (tertiary/aromatic N) is 1. The first-order valence-corrected chi connectivity index (χ1v) is 8.88. The van der Waals surface area contributed by atoms with Crippen LogP contribution in [0.15, 0.2) is 24.3 Å². The minimum absolute atomic E-state index is 0. The molecule has 0 radical (unpaired) electrons. The first-order valence-electron chi connectivity index (χ1n) is 8.88. The molecule has 0 saturated heterocycles. The molecule has 5 nitrogen and oxygen atoms in total. The second-order valence-electron chi connectivity index (χ2n) is 7.67. The Bertz CT molecular complexity index is 915. The fraction of sp³-hybridized carbons (Fsp3) is 0.400. The Hall–Kier alpha value is -1.67. The number of benzene rings is 2. The average Bonchev–Trinajstić information content (AvgIpc) is 3.27. The number of likely N-dealkylation sites (N-methyl/N-ethyl adjacent to an activating group) is 1. The first kappa shape index (κ1) is 16.5. The lowest BCUT2D eigenvalue weighted by atomic mass is 9.81. The van der Waals surface area contributed by atoms with E-state index in [1.165, 1.54) is 22.3 Å². The van der Waals surface area contributed by atoms with Crippen LogP contribution in [-0.2, 0) is 19.4 Å². The number of hydrogen-bond acceptors (Lipinski definition) is 4. The zero-order valence-electron chi connectivity index (χ0n) is 14.6. The highest BCUT2D eigenvalue weighted by Gasteiger charge is 2.45. The van der Waals surface area contributed by atoms with Crippen LogP contribution in [0.25, 0.3) is 0 Å². The van der Waals surface area contributed by atoms with E-state index in [1.54, 1.807) is 0 Å². The highest BCUT2D eigenvalue weighted by molar-refractivity contribution is 5.54. The normalized spacial score (nSPS) is 26.4. The van der Waals surface area contributed by atoms with Crippen LogP contribution in [-0.4, -0.2) is 31.7 Å². The van der Waals surface area contributed by atoms with Crippen LogP contribution in [0.3, 0.4) is 0 Å². The minimum Gasteiger partial charge on any atom is -1.00 e. The van der Waals surface area contributed by atoms with Gasteiger partial charge in [-0.2, -0.15) is 0 Å². The summed E-state index contributed by atoms with van der Waals surface area (Å²) in [6.07, 6.45) is 2.09. The number of halogens is 1. The van der Waals surface area contributed by atoms with Crippen LogP contribution in [0, 0.1) is 0 Å². The van der Waals surface area contributed by atoms with E-state index in [1.807, 2.05) is 0 Å². The van der Waals surface area contributed by atoms with Gasteiger partial charge in [0.05, 0.1) is 19.2 Å². The Morgan fingerprint density at radius 3 is 2.58 bits per heavy atom. The molecule has 4 aliphatic heterocycles. The van der Waals surface area contributed by atoms with Gasteiger partial charge in [-0.05, 0) is 29.3 Å². The van der Waals surface area contributed by atoms with Gasteiger partial charge in [0.25, 0.3) is 0 Å². The first-order chi connectivity index (χ1) is 12.2. The van der Waals surface area contributed by atoms with E-state index in [4.69, 9.17) is 18.9 Å². The van der Waals surface area contributed by atoms with E-state index in [2.05, 4.69) is 31.3 Å². The summed E-state index contributed by atoms with van der Waals surface area (Å²) in [6, 6.07) is 9.13. The molecule has 0 aliphatic carbocycles. The third-order valence-corrected chi connectivity index (χ3v) is 6.31. The van der Waals surface area contributed by atoms with E-state index >= 15 is 0 Å². The lowest BCUT2D eigenvalue weighted by molar-refractivity contribution is -0.956. The SMILES string of the molecule is C[N+]12CCc3cc4c(cc3C1Cc1ccc3c(c1C2)OCO3)OCO4.[I-]. The summed E-state index contributed by atoms with van der Waals surface area (Å²) in [4.78, 5) is 0. The second-order valence-corrected chi connectivity index (χ2v) is 7.67. The summed E-state index contributed by atoms with van der Waals surface area (Å²) >= 11 is 0. The van der Waals surface area contributed by atoms with Crippen molar-refractivity contribution in [3.05, 3.63) is 46.5 Å². The Morgan fingerprint density at radius 1 is 0.923 bits per heavy atom. The summed E-state index contributed by atoms with van der Waals surface area (Å²) in [7, 11) is 2.37. The Kier molecular flexibility index (Phi) is 3.59. The fourth-order valence-electron chi connectivity index (χ4n) is 4.92. The number of hydrogen-bond donors (Lipinski definition) is 0. The maximum atomic E-state index is 5.78. The number of rotatable bonds is 0. The molecule has 4 heterocycles. The van der Waals surface area contributed by atoms with E-state index in [9.17, 15) is 0 Å². The van der Waals surface area contributed by atoms with Crippen molar-refractivity contribution in [1.29, 1.82) is 0 Å². The molecule has 0 aromatic heterocycles. The van der Waals surface area contributed by atoms with Gasteiger partial charge in [0.15, 0.2) is 23.0 Å². The summed E-state index contributed by atoms with van der Waals surface area (Å²) < 4.78 is 23.6. The fourth-order valence-corrected chi connectivity index (χ4v) is 4.92. The third-order valence-electron chi connectivity index (χ3n) is 6.31. The molecule has 2 unspecified atom stereocenters. The topological polar surface area (TPSA) is 36.9 Å². The van der Waals surface area contributed by atoms with Crippen LogP contribution < -0.4 is 42.9 Å². The lowest BCUT2D eigenvalue weighted by Crippen LogP contribution is -3.00. The standard InChI is InChI=1S/C20H20NO4.HI/c1-21-5-4-13-7-18-19(24-10-23-18)8-14(13)16(21)6-12-2-3-17-20(15(12)9-21)25-11-22-17;/h2-3,7-8,16H,4-6,9-11H2,1H3;1H/q+1;/p-1. The highest BCUT2D eigenvalue weighted by atomic mass is 127. The van der Waals surface area contributed by atoms with Gasteiger partial charge in [-0.1, -0.05) is 6.07 Å². The smallest absolute Gasteiger partial charge is 0.231 e. The predicted octanol–water partition coefficient (Wildman–Crippen LogP) is -0.0519. The molecule has 6 heteroatoms. The molecule has 4 aliphatic rings. The van der Waals surface area contributed by atoms with Gasteiger partial charge in [0.1, 0.15) is 12.6 Å². The van der Waals surface area contributed by atoms with Crippen molar-refractivity contribution in [3.63, 3.8) is 0 Å². The average molecular weight is 465 g/mol. The van der Waals surface area contributed by atoms with Crippen LogP contribution in [0.2, 0.25) is 0 Å². The predicted molar refractivity (Wildman–Crippen MR) is 90.0 cm³/mol. The summed E-state index contributed by atoms with van der Waals surface area (Å²) in [5.74, 6) is 3.65. The second kappa shape index (κ2) is 5.66. The van der Waals surface area contributed by atoms with Crippen molar-refractivity contribution in [2.24, 2.45) is 0 Å². The molecule has 0 spiro atoms. The molecular formula is C20H20INO4. The van der Waals surface area contributed by atoms with Crippen LogP contribution >= 0.6 is 0 Å². The van der Waals surface area contributed by atoms with Gasteiger partial charge in [-0.25, -0.2) is 0 Å². The van der Waals surface area contributed by atoms with Gasteiger partial charge < -0.3 is 47.4 Å². The van der Waals surface area contributed by atoms with Crippen molar-refractivity contribution in [2.75, 3.05) is 27.2 Å². The summed E-state index contributed by atoms with van der Waals surface area (Å²) in [6.45, 7) is 2.79. The molecule has 6 rings (SSSR count). The van der Waals surface area contributed by atoms with Gasteiger partial charge >= 0.3 is 0 Å². The largest absolute Gasteiger partial charge is 1.00 e. The van der Waals surface area contributed by atoms with E-state index in [0.29, 0.717) is 19.6 Å². The van der Waals surface area contributed by atoms with Crippen molar-refractivity contribution >= 4 is 0 Å². The number of quaternary nitrogens is 1. The molecule has 2 atom stereocenters. The van der Waals surface area contributed by atoms with Gasteiger partial charge in [-0.15, -0.1) is 0 Å². The minimum atomic E-state index is 0. The maximum absolute atomic E-state index is 5.78. The third kappa shape index (κ3) is 2.18. The Morgan fingerprint density at radius 2 is 1.69 bits per heavy atom. The molecule has 0 N–H and O–H groups in total. The van der Waals surface area contributed by atoms with Gasteiger partial charge in [-0.3, -0.25) is 0 Å². The maximum Gasteiger partial charge on any atom is 0.231 e. The van der Waals surface area contributed by atoms with Gasteiger partial charge in [0.2, 0.25) is 13.6 Å². The Balaban J connectivity index is 0.00000150. The number of ether oxygens (including phenoxy) is 4. The molecule has 0 saturated carbocycles. The summed E-state index contributed by atoms with van der Waals surface area (Å²) in [5.41, 5.74) is 5.55. The van der Waals surface area contributed by atoms with E-state index < -0.39 is 0 Å². The summed E-state index contributed by atoms with van der Waals surface area (Å²) in [5, 5.41) is 0.